The molecular weight excluding hydrogens is 222 g/mol. The maximum absolute atomic E-state index is 11.1. The minimum absolute atomic E-state index is 0.194. The van der Waals surface area contributed by atoms with Crippen LogP contribution in [0.15, 0.2) is 17.5 Å². The monoisotopic (exact) mass is 234 g/mol. The Bertz CT molecular complexity index is 432. The summed E-state index contributed by atoms with van der Waals surface area (Å²) in [5, 5.41) is 9.28. The zero-order valence-electron chi connectivity index (χ0n) is 9.35. The van der Waals surface area contributed by atoms with E-state index in [1.54, 1.807) is 13.0 Å². The quantitative estimate of drug-likeness (QED) is 0.452. The number of imidazole rings is 1. The number of aliphatic imine (C=N–C) groups is 1. The number of primary amides is 1. The van der Waals surface area contributed by atoms with Gasteiger partial charge in [-0.25, -0.2) is 0 Å². The fourth-order valence-electron chi connectivity index (χ4n) is 1.25. The summed E-state index contributed by atoms with van der Waals surface area (Å²) >= 11 is 0. The molecule has 0 aliphatic rings. The van der Waals surface area contributed by atoms with Crippen molar-refractivity contribution < 1.29 is 14.5 Å². The van der Waals surface area contributed by atoms with Crippen LogP contribution in [0.3, 0.4) is 0 Å². The van der Waals surface area contributed by atoms with Gasteiger partial charge in [0.2, 0.25) is 0 Å². The molecule has 1 heterocycles. The average molecular weight is 234 g/mol. The summed E-state index contributed by atoms with van der Waals surface area (Å²) in [6.45, 7) is 1.58. The molecule has 0 saturated heterocycles. The molecule has 1 unspecified atom stereocenters. The fraction of sp³-hybridized carbons (Fsp3) is 0.375. The minimum atomic E-state index is -0.822. The summed E-state index contributed by atoms with van der Waals surface area (Å²) in [5.41, 5.74) is 5.71. The van der Waals surface area contributed by atoms with Gasteiger partial charge in [0.1, 0.15) is 0 Å². The maximum atomic E-state index is 11.1. The number of nitrogens with two attached hydrogens (primary N) is 1. The first-order chi connectivity index (χ1) is 8.04. The van der Waals surface area contributed by atoms with Crippen molar-refractivity contribution in [2.75, 3.05) is 0 Å². The molecular formula is C8H12B2N4O3. The fourth-order valence-corrected chi connectivity index (χ4v) is 1.25. The van der Waals surface area contributed by atoms with Crippen molar-refractivity contribution in [2.24, 2.45) is 10.7 Å². The summed E-state index contributed by atoms with van der Waals surface area (Å²) in [6, 6.07) is -0.822. The van der Waals surface area contributed by atoms with E-state index in [2.05, 4.69) is 9.98 Å². The SMILES string of the molecule is CB(O)n1cnc(CC(N=CB=O)C(N)=O)c1. The van der Waals surface area contributed by atoms with Crippen molar-refractivity contribution >= 4 is 26.2 Å². The van der Waals surface area contributed by atoms with Gasteiger partial charge >= 0.3 is 98.4 Å². The number of nitrogens with zero attached hydrogens (tertiary/aromatic N) is 3. The number of rotatable bonds is 6. The van der Waals surface area contributed by atoms with Crippen LogP contribution in [-0.2, 0) is 15.9 Å². The molecule has 1 atom stereocenters. The first kappa shape index (κ1) is 13.3. The van der Waals surface area contributed by atoms with E-state index in [0.29, 0.717) is 12.8 Å². The van der Waals surface area contributed by atoms with Gasteiger partial charge in [-0.05, 0) is 0 Å². The third-order valence-corrected chi connectivity index (χ3v) is 2.14. The van der Waals surface area contributed by atoms with Crippen LogP contribution >= 0.6 is 0 Å². The third kappa shape index (κ3) is 3.95. The zero-order chi connectivity index (χ0) is 12.8. The number of carbonyl (C=O) groups excluding carboxylic acids is 1. The number of carbonyl (C=O) groups is 1. The molecule has 7 nitrogen and oxygen atoms in total. The van der Waals surface area contributed by atoms with Crippen molar-refractivity contribution in [3.63, 3.8) is 0 Å². The molecule has 3 N–H and O–H groups in total. The summed E-state index contributed by atoms with van der Waals surface area (Å²) < 4.78 is 11.6. The van der Waals surface area contributed by atoms with Gasteiger partial charge in [-0.15, -0.1) is 0 Å². The Hall–Kier alpha value is -1.76. The predicted octanol–water partition coefficient (Wildman–Crippen LogP) is -1.68. The van der Waals surface area contributed by atoms with Gasteiger partial charge in [-0.1, -0.05) is 0 Å². The van der Waals surface area contributed by atoms with Crippen molar-refractivity contribution in [2.45, 2.75) is 19.3 Å². The van der Waals surface area contributed by atoms with Crippen LogP contribution in [0.5, 0.6) is 0 Å². The molecule has 0 aliphatic carbocycles. The summed E-state index contributed by atoms with van der Waals surface area (Å²) in [6.07, 6.45) is 4.22. The van der Waals surface area contributed by atoms with E-state index in [-0.39, 0.29) is 6.42 Å². The van der Waals surface area contributed by atoms with Crippen molar-refractivity contribution in [3.05, 3.63) is 18.2 Å². The van der Waals surface area contributed by atoms with Gasteiger partial charge in [0.15, 0.2) is 0 Å². The van der Waals surface area contributed by atoms with Crippen LogP contribution in [0.25, 0.3) is 0 Å². The second-order valence-electron chi connectivity index (χ2n) is 3.50. The first-order valence-corrected chi connectivity index (χ1v) is 5.01. The molecule has 0 saturated carbocycles. The van der Waals surface area contributed by atoms with Gasteiger partial charge < -0.3 is 0 Å². The Morgan fingerprint density at radius 3 is 3.06 bits per heavy atom. The first-order valence-electron chi connectivity index (χ1n) is 5.01. The molecule has 0 bridgehead atoms. The van der Waals surface area contributed by atoms with Crippen molar-refractivity contribution in [3.8, 4) is 0 Å². The molecule has 1 amide bonds. The Labute approximate surface area is 99.1 Å². The number of amides is 1. The van der Waals surface area contributed by atoms with Crippen LogP contribution in [-0.4, -0.2) is 46.7 Å². The van der Waals surface area contributed by atoms with Crippen LogP contribution in [0.4, 0.5) is 0 Å². The van der Waals surface area contributed by atoms with Crippen molar-refractivity contribution in [1.82, 2.24) is 9.46 Å². The van der Waals surface area contributed by atoms with E-state index in [1.807, 2.05) is 0 Å². The Morgan fingerprint density at radius 1 is 1.88 bits per heavy atom. The van der Waals surface area contributed by atoms with Gasteiger partial charge in [0.25, 0.3) is 0 Å². The van der Waals surface area contributed by atoms with Gasteiger partial charge in [-0.3, -0.25) is 0 Å². The number of hydrogen-bond donors (Lipinski definition) is 2. The molecule has 88 valence electrons. The summed E-state index contributed by atoms with van der Waals surface area (Å²) in [7, 11) is -0.216. The number of hydrogen-bond acceptors (Lipinski definition) is 5. The molecule has 1 aromatic heterocycles. The number of aromatic nitrogens is 2. The van der Waals surface area contributed by atoms with E-state index in [0.717, 1.165) is 6.11 Å². The van der Waals surface area contributed by atoms with Gasteiger partial charge in [0, 0.05) is 0 Å². The second kappa shape index (κ2) is 6.09. The molecule has 1 rings (SSSR count). The molecule has 1 aromatic rings. The van der Waals surface area contributed by atoms with Crippen LogP contribution in [0, 0.1) is 0 Å². The van der Waals surface area contributed by atoms with Gasteiger partial charge in [-0.2, -0.15) is 0 Å². The Morgan fingerprint density at radius 2 is 2.59 bits per heavy atom. The molecule has 9 heteroatoms. The Kier molecular flexibility index (Phi) is 4.77. The molecule has 0 fully saturated rings. The van der Waals surface area contributed by atoms with E-state index < -0.39 is 19.0 Å². The molecule has 0 aromatic carbocycles. The molecule has 0 radical (unpaired) electrons. The topological polar surface area (TPSA) is 111 Å². The molecule has 17 heavy (non-hydrogen) atoms. The van der Waals surface area contributed by atoms with Crippen molar-refractivity contribution in [1.29, 1.82) is 0 Å². The summed E-state index contributed by atoms with van der Waals surface area (Å²) in [4.78, 5) is 18.8. The summed E-state index contributed by atoms with van der Waals surface area (Å²) in [5.74, 6) is -0.630. The third-order valence-electron chi connectivity index (χ3n) is 2.14. The molecule has 0 spiro atoms. The van der Waals surface area contributed by atoms with Crippen LogP contribution < -0.4 is 5.73 Å². The van der Waals surface area contributed by atoms with Crippen LogP contribution in [0.2, 0.25) is 6.82 Å². The van der Waals surface area contributed by atoms with E-state index in [1.165, 1.54) is 10.8 Å². The zero-order valence-corrected chi connectivity index (χ0v) is 9.35. The normalized spacial score (nSPS) is 12.4. The van der Waals surface area contributed by atoms with E-state index in [9.17, 15) is 14.5 Å². The second-order valence-corrected chi connectivity index (χ2v) is 3.50. The van der Waals surface area contributed by atoms with E-state index >= 15 is 0 Å². The standard InChI is InChI=1S/C8H12B2N4O3/c1-10(17)14-3-6(13-5-14)2-7(8(11)15)12-4-9-16/h3-5,7,17H,2H2,1H3,(H2,11,15). The van der Waals surface area contributed by atoms with Gasteiger partial charge in [0.05, 0.1) is 0 Å². The molecule has 0 aliphatic heterocycles. The average Bonchev–Trinajstić information content (AvgIpc) is 2.72. The van der Waals surface area contributed by atoms with Crippen LogP contribution in [0.1, 0.15) is 5.69 Å². The van der Waals surface area contributed by atoms with E-state index in [4.69, 9.17) is 5.73 Å². The predicted molar refractivity (Wildman–Crippen MR) is 63.1 cm³/mol. The Balaban J connectivity index is 2.75.